The van der Waals surface area contributed by atoms with Crippen LogP contribution in [0, 0.1) is 5.82 Å². The number of halogens is 1. The fraction of sp³-hybridized carbons (Fsp3) is 0.333. The summed E-state index contributed by atoms with van der Waals surface area (Å²) in [6, 6.07) is 10.2. The molecule has 5 nitrogen and oxygen atoms in total. The van der Waals surface area contributed by atoms with Crippen molar-refractivity contribution in [3.05, 3.63) is 65.0 Å². The standard InChI is InChI=1S/C21H25FN2O3/c1-6-16-17(8-7-9-18(16)27-5)20(26)24(23-21(2,3)4)19(25)14-10-12-15(22)13-11-14/h7-13,23H,6H2,1-5H3. The molecule has 0 heterocycles. The van der Waals surface area contributed by atoms with E-state index in [-0.39, 0.29) is 5.56 Å². The number of methoxy groups -OCH3 is 1. The molecule has 0 spiro atoms. The van der Waals surface area contributed by atoms with Crippen LogP contribution in [0.5, 0.6) is 5.75 Å². The number of carbonyl (C=O) groups is 2. The van der Waals surface area contributed by atoms with Gasteiger partial charge in [-0.3, -0.25) is 9.59 Å². The van der Waals surface area contributed by atoms with Crippen molar-refractivity contribution in [2.24, 2.45) is 0 Å². The maximum absolute atomic E-state index is 13.3. The van der Waals surface area contributed by atoms with Crippen LogP contribution in [-0.4, -0.2) is 29.5 Å². The van der Waals surface area contributed by atoms with Crippen molar-refractivity contribution in [2.45, 2.75) is 39.7 Å². The van der Waals surface area contributed by atoms with E-state index < -0.39 is 23.2 Å². The molecule has 0 radical (unpaired) electrons. The summed E-state index contributed by atoms with van der Waals surface area (Å²) in [5, 5.41) is 0.987. The zero-order valence-electron chi connectivity index (χ0n) is 16.3. The second kappa shape index (κ2) is 8.31. The lowest BCUT2D eigenvalue weighted by molar-refractivity contribution is 0.0451. The summed E-state index contributed by atoms with van der Waals surface area (Å²) in [6.07, 6.45) is 0.569. The number of rotatable bonds is 5. The van der Waals surface area contributed by atoms with Crippen LogP contribution in [0.25, 0.3) is 0 Å². The first-order valence-corrected chi connectivity index (χ1v) is 8.76. The zero-order chi connectivity index (χ0) is 20.2. The van der Waals surface area contributed by atoms with Crippen LogP contribution < -0.4 is 10.2 Å². The molecule has 0 fully saturated rings. The number of nitrogens with one attached hydrogen (secondary N) is 1. The van der Waals surface area contributed by atoms with Gasteiger partial charge in [-0.05, 0) is 63.6 Å². The molecular weight excluding hydrogens is 347 g/mol. The molecule has 0 aliphatic heterocycles. The normalized spacial score (nSPS) is 11.2. The highest BCUT2D eigenvalue weighted by atomic mass is 19.1. The van der Waals surface area contributed by atoms with Gasteiger partial charge in [0.15, 0.2) is 0 Å². The van der Waals surface area contributed by atoms with Gasteiger partial charge in [0, 0.05) is 22.2 Å². The third-order valence-corrected chi connectivity index (χ3v) is 3.88. The number of carbonyl (C=O) groups excluding carboxylic acids is 2. The third-order valence-electron chi connectivity index (χ3n) is 3.88. The fourth-order valence-corrected chi connectivity index (χ4v) is 2.69. The SMILES string of the molecule is CCc1c(OC)cccc1C(=O)N(NC(C)(C)C)C(=O)c1ccc(F)cc1. The van der Waals surface area contributed by atoms with Crippen LogP contribution in [0.15, 0.2) is 42.5 Å². The molecule has 1 N–H and O–H groups in total. The number of hydrogen-bond acceptors (Lipinski definition) is 4. The largest absolute Gasteiger partial charge is 0.496 e. The van der Waals surface area contributed by atoms with Crippen LogP contribution in [-0.2, 0) is 6.42 Å². The van der Waals surface area contributed by atoms with E-state index >= 15 is 0 Å². The number of hydrogen-bond donors (Lipinski definition) is 1. The van der Waals surface area contributed by atoms with E-state index in [4.69, 9.17) is 4.74 Å². The van der Waals surface area contributed by atoms with E-state index in [1.807, 2.05) is 27.7 Å². The minimum absolute atomic E-state index is 0.211. The van der Waals surface area contributed by atoms with Crippen molar-refractivity contribution in [3.63, 3.8) is 0 Å². The molecule has 0 atom stereocenters. The Labute approximate surface area is 159 Å². The Kier molecular flexibility index (Phi) is 6.33. The minimum atomic E-state index is -0.556. The Bertz CT molecular complexity index is 826. The van der Waals surface area contributed by atoms with Crippen molar-refractivity contribution >= 4 is 11.8 Å². The summed E-state index contributed by atoms with van der Waals surface area (Å²) in [5.74, 6) is -0.905. The van der Waals surface area contributed by atoms with E-state index in [1.165, 1.54) is 31.4 Å². The topological polar surface area (TPSA) is 58.6 Å². The monoisotopic (exact) mass is 372 g/mol. The Morgan fingerprint density at radius 3 is 2.22 bits per heavy atom. The van der Waals surface area contributed by atoms with E-state index in [0.29, 0.717) is 17.7 Å². The lowest BCUT2D eigenvalue weighted by atomic mass is 10.0. The average Bonchev–Trinajstić information content (AvgIpc) is 2.64. The highest BCUT2D eigenvalue weighted by Crippen LogP contribution is 2.24. The Morgan fingerprint density at radius 2 is 1.70 bits per heavy atom. The fourth-order valence-electron chi connectivity index (χ4n) is 2.69. The average molecular weight is 372 g/mol. The molecule has 0 aliphatic carbocycles. The molecule has 0 saturated carbocycles. The van der Waals surface area contributed by atoms with E-state index in [0.717, 1.165) is 10.6 Å². The van der Waals surface area contributed by atoms with Crippen molar-refractivity contribution in [3.8, 4) is 5.75 Å². The first-order valence-electron chi connectivity index (χ1n) is 8.76. The highest BCUT2D eigenvalue weighted by molar-refractivity contribution is 6.10. The first kappa shape index (κ1) is 20.6. The van der Waals surface area contributed by atoms with Crippen LogP contribution in [0.2, 0.25) is 0 Å². The molecule has 0 saturated heterocycles. The molecule has 2 aromatic rings. The van der Waals surface area contributed by atoms with Crippen LogP contribution >= 0.6 is 0 Å². The van der Waals surface area contributed by atoms with Crippen molar-refractivity contribution in [1.29, 1.82) is 0 Å². The summed E-state index contributed by atoms with van der Waals surface area (Å²) >= 11 is 0. The van der Waals surface area contributed by atoms with Gasteiger partial charge in [-0.2, -0.15) is 0 Å². The van der Waals surface area contributed by atoms with Gasteiger partial charge < -0.3 is 4.74 Å². The van der Waals surface area contributed by atoms with Gasteiger partial charge in [0.25, 0.3) is 11.8 Å². The minimum Gasteiger partial charge on any atom is -0.496 e. The highest BCUT2D eigenvalue weighted by Gasteiger charge is 2.30. The van der Waals surface area contributed by atoms with Gasteiger partial charge in [-0.15, -0.1) is 0 Å². The van der Waals surface area contributed by atoms with Crippen LogP contribution in [0.3, 0.4) is 0 Å². The lowest BCUT2D eigenvalue weighted by Crippen LogP contribution is -2.55. The van der Waals surface area contributed by atoms with Gasteiger partial charge in [-0.1, -0.05) is 13.0 Å². The molecule has 2 rings (SSSR count). The maximum atomic E-state index is 13.3. The summed E-state index contributed by atoms with van der Waals surface area (Å²) in [5.41, 5.74) is 3.72. The number of nitrogens with zero attached hydrogens (tertiary/aromatic N) is 1. The molecule has 0 bridgehead atoms. The summed E-state index contributed by atoms with van der Waals surface area (Å²) in [6.45, 7) is 7.45. The Balaban J connectivity index is 2.49. The van der Waals surface area contributed by atoms with Crippen LogP contribution in [0.1, 0.15) is 54.0 Å². The van der Waals surface area contributed by atoms with Gasteiger partial charge in [0.05, 0.1) is 7.11 Å². The summed E-state index contributed by atoms with van der Waals surface area (Å²) in [4.78, 5) is 26.3. The quantitative estimate of drug-likeness (QED) is 0.637. The number of amides is 2. The molecular formula is C21H25FN2O3. The smallest absolute Gasteiger partial charge is 0.275 e. The first-order chi connectivity index (χ1) is 12.7. The number of ether oxygens (including phenoxy) is 1. The van der Waals surface area contributed by atoms with E-state index in [1.54, 1.807) is 18.2 Å². The molecule has 144 valence electrons. The van der Waals surface area contributed by atoms with E-state index in [2.05, 4.69) is 5.43 Å². The lowest BCUT2D eigenvalue weighted by Gasteiger charge is -2.30. The molecule has 6 heteroatoms. The Morgan fingerprint density at radius 1 is 1.07 bits per heavy atom. The summed E-state index contributed by atoms with van der Waals surface area (Å²) in [7, 11) is 1.54. The third kappa shape index (κ3) is 4.92. The number of imide groups is 1. The molecule has 0 aromatic heterocycles. The van der Waals surface area contributed by atoms with Gasteiger partial charge in [0.2, 0.25) is 0 Å². The zero-order valence-corrected chi connectivity index (χ0v) is 16.3. The predicted molar refractivity (Wildman–Crippen MR) is 102 cm³/mol. The molecule has 0 aliphatic rings. The second-order valence-electron chi connectivity index (χ2n) is 7.15. The molecule has 0 unspecified atom stereocenters. The molecule has 2 aromatic carbocycles. The van der Waals surface area contributed by atoms with Gasteiger partial charge >= 0.3 is 0 Å². The number of hydrazine groups is 1. The van der Waals surface area contributed by atoms with E-state index in [9.17, 15) is 14.0 Å². The molecule has 27 heavy (non-hydrogen) atoms. The maximum Gasteiger partial charge on any atom is 0.275 e. The number of benzene rings is 2. The molecule has 2 amide bonds. The van der Waals surface area contributed by atoms with Crippen molar-refractivity contribution < 1.29 is 18.7 Å². The van der Waals surface area contributed by atoms with Crippen LogP contribution in [0.4, 0.5) is 4.39 Å². The van der Waals surface area contributed by atoms with Crippen molar-refractivity contribution in [1.82, 2.24) is 10.4 Å². The van der Waals surface area contributed by atoms with Gasteiger partial charge in [0.1, 0.15) is 11.6 Å². The Hall–Kier alpha value is -2.73. The predicted octanol–water partition coefficient (Wildman–Crippen LogP) is 3.98. The van der Waals surface area contributed by atoms with Gasteiger partial charge in [-0.25, -0.2) is 14.8 Å². The second-order valence-corrected chi connectivity index (χ2v) is 7.15. The van der Waals surface area contributed by atoms with Crippen molar-refractivity contribution in [2.75, 3.05) is 7.11 Å². The summed E-state index contributed by atoms with van der Waals surface area (Å²) < 4.78 is 18.6.